The van der Waals surface area contributed by atoms with Crippen LogP contribution in [0.3, 0.4) is 0 Å². The third-order valence-corrected chi connectivity index (χ3v) is 5.77. The number of carbonyl (C=O) groups excluding carboxylic acids is 1. The Morgan fingerprint density at radius 3 is 2.79 bits per heavy atom. The van der Waals surface area contributed by atoms with Crippen molar-refractivity contribution in [2.45, 2.75) is 18.8 Å². The zero-order chi connectivity index (χ0) is 20.0. The lowest BCUT2D eigenvalue weighted by molar-refractivity contribution is 0.0699. The fourth-order valence-corrected chi connectivity index (χ4v) is 4.28. The zero-order valence-corrected chi connectivity index (χ0v) is 16.2. The van der Waals surface area contributed by atoms with Crippen LogP contribution in [0.1, 0.15) is 34.9 Å². The Morgan fingerprint density at radius 1 is 1.14 bits per heavy atom. The summed E-state index contributed by atoms with van der Waals surface area (Å²) >= 11 is 0. The Morgan fingerprint density at radius 2 is 1.93 bits per heavy atom. The molecule has 146 valence electrons. The molecule has 1 saturated heterocycles. The Labute approximate surface area is 167 Å². The Hall–Kier alpha value is -3.41. The largest absolute Gasteiger partial charge is 0.422 e. The van der Waals surface area contributed by atoms with Gasteiger partial charge in [0.25, 0.3) is 5.91 Å². The summed E-state index contributed by atoms with van der Waals surface area (Å²) in [7, 11) is 2.02. The van der Waals surface area contributed by atoms with Crippen LogP contribution in [0.15, 0.2) is 63.8 Å². The minimum absolute atomic E-state index is 0.0920. The first-order chi connectivity index (χ1) is 14.1. The molecule has 0 bridgehead atoms. The number of likely N-dealkylation sites (tertiary alicyclic amines) is 1. The minimum Gasteiger partial charge on any atom is -0.422 e. The first-order valence-electron chi connectivity index (χ1n) is 9.85. The molecule has 0 aliphatic carbocycles. The normalized spacial score (nSPS) is 17.1. The first kappa shape index (κ1) is 17.7. The maximum atomic E-state index is 13.1. The number of para-hydroxylation sites is 3. The molecule has 1 fully saturated rings. The molecule has 0 N–H and O–H groups in total. The highest BCUT2D eigenvalue weighted by Crippen LogP contribution is 2.29. The van der Waals surface area contributed by atoms with Gasteiger partial charge in [0.05, 0.1) is 11.0 Å². The van der Waals surface area contributed by atoms with Gasteiger partial charge in [-0.2, -0.15) is 0 Å². The van der Waals surface area contributed by atoms with Crippen molar-refractivity contribution in [3.8, 4) is 0 Å². The van der Waals surface area contributed by atoms with Crippen molar-refractivity contribution < 1.29 is 9.21 Å². The molecular weight excluding hydrogens is 366 g/mol. The first-order valence-corrected chi connectivity index (χ1v) is 9.85. The van der Waals surface area contributed by atoms with E-state index in [1.165, 1.54) is 0 Å². The van der Waals surface area contributed by atoms with Crippen LogP contribution in [0.2, 0.25) is 0 Å². The number of hydrogen-bond acceptors (Lipinski definition) is 4. The van der Waals surface area contributed by atoms with Crippen molar-refractivity contribution in [1.29, 1.82) is 0 Å². The van der Waals surface area contributed by atoms with E-state index < -0.39 is 5.63 Å². The smallest absolute Gasteiger partial charge is 0.349 e. The molecule has 0 saturated carbocycles. The molecule has 2 aromatic heterocycles. The summed E-state index contributed by atoms with van der Waals surface area (Å²) in [5, 5.41) is 0.749. The van der Waals surface area contributed by atoms with Crippen LogP contribution < -0.4 is 5.63 Å². The molecule has 1 aliphatic rings. The molecule has 1 aliphatic heterocycles. The Bertz CT molecular complexity index is 1290. The Balaban J connectivity index is 1.46. The molecule has 1 unspecified atom stereocenters. The van der Waals surface area contributed by atoms with Crippen LogP contribution >= 0.6 is 0 Å². The molecule has 2 aromatic carbocycles. The van der Waals surface area contributed by atoms with E-state index in [0.717, 1.165) is 35.1 Å². The number of aryl methyl sites for hydroxylation is 1. The average molecular weight is 387 g/mol. The van der Waals surface area contributed by atoms with Crippen molar-refractivity contribution in [1.82, 2.24) is 14.5 Å². The van der Waals surface area contributed by atoms with E-state index >= 15 is 0 Å². The molecule has 29 heavy (non-hydrogen) atoms. The highest BCUT2D eigenvalue weighted by Gasteiger charge is 2.30. The lowest BCUT2D eigenvalue weighted by Crippen LogP contribution is -2.41. The molecule has 1 atom stereocenters. The number of nitrogens with zero attached hydrogens (tertiary/aromatic N) is 3. The molecular formula is C23H21N3O3. The lowest BCUT2D eigenvalue weighted by atomic mass is 9.96. The number of benzene rings is 2. The van der Waals surface area contributed by atoms with Gasteiger partial charge < -0.3 is 13.9 Å². The number of hydrogen-bond donors (Lipinski definition) is 0. The van der Waals surface area contributed by atoms with Gasteiger partial charge in [0.2, 0.25) is 0 Å². The molecule has 3 heterocycles. The van der Waals surface area contributed by atoms with Gasteiger partial charge in [-0.1, -0.05) is 30.3 Å². The quantitative estimate of drug-likeness (QED) is 0.492. The van der Waals surface area contributed by atoms with Gasteiger partial charge in [-0.25, -0.2) is 9.78 Å². The Kier molecular flexibility index (Phi) is 4.19. The molecule has 4 aromatic rings. The van der Waals surface area contributed by atoms with Gasteiger partial charge in [-0.3, -0.25) is 4.79 Å². The zero-order valence-electron chi connectivity index (χ0n) is 16.2. The van der Waals surface area contributed by atoms with E-state index in [2.05, 4.69) is 10.6 Å². The van der Waals surface area contributed by atoms with Crippen molar-refractivity contribution >= 4 is 27.9 Å². The number of rotatable bonds is 2. The maximum Gasteiger partial charge on any atom is 0.349 e. The summed E-state index contributed by atoms with van der Waals surface area (Å²) in [6, 6.07) is 16.9. The van der Waals surface area contributed by atoms with Crippen LogP contribution in [-0.2, 0) is 7.05 Å². The second-order valence-electron chi connectivity index (χ2n) is 7.59. The predicted molar refractivity (Wildman–Crippen MR) is 111 cm³/mol. The summed E-state index contributed by atoms with van der Waals surface area (Å²) in [6.45, 7) is 1.17. The summed E-state index contributed by atoms with van der Waals surface area (Å²) in [5.41, 5.74) is 2.04. The average Bonchev–Trinajstić information content (AvgIpc) is 3.10. The second kappa shape index (κ2) is 6.88. The van der Waals surface area contributed by atoms with Crippen molar-refractivity contribution in [2.75, 3.05) is 13.1 Å². The summed E-state index contributed by atoms with van der Waals surface area (Å²) < 4.78 is 7.47. The van der Waals surface area contributed by atoms with Gasteiger partial charge in [-0.05, 0) is 37.1 Å². The predicted octanol–water partition coefficient (Wildman–Crippen LogP) is 3.70. The van der Waals surface area contributed by atoms with Crippen molar-refractivity contribution in [3.05, 3.63) is 76.4 Å². The van der Waals surface area contributed by atoms with Crippen LogP contribution in [0.4, 0.5) is 0 Å². The molecule has 6 heteroatoms. The summed E-state index contributed by atoms with van der Waals surface area (Å²) in [5.74, 6) is 0.847. The van der Waals surface area contributed by atoms with E-state index in [1.807, 2.05) is 37.4 Å². The lowest BCUT2D eigenvalue weighted by Gasteiger charge is -2.32. The van der Waals surface area contributed by atoms with E-state index in [-0.39, 0.29) is 17.4 Å². The monoisotopic (exact) mass is 387 g/mol. The van der Waals surface area contributed by atoms with Crippen LogP contribution in [0.25, 0.3) is 22.0 Å². The SMILES string of the molecule is Cn1c(C2CCCN(C(=O)c3cc4ccccc4oc3=O)C2)nc2ccccc21. The minimum atomic E-state index is -0.585. The number of amides is 1. The maximum absolute atomic E-state index is 13.1. The van der Waals surface area contributed by atoms with E-state index in [1.54, 1.807) is 23.1 Å². The fourth-order valence-electron chi connectivity index (χ4n) is 4.28. The fraction of sp³-hybridized carbons (Fsp3) is 0.261. The van der Waals surface area contributed by atoms with E-state index in [9.17, 15) is 9.59 Å². The summed E-state index contributed by atoms with van der Waals surface area (Å²) in [6.07, 6.45) is 1.84. The van der Waals surface area contributed by atoms with Gasteiger partial charge in [0.1, 0.15) is 17.0 Å². The van der Waals surface area contributed by atoms with Gasteiger partial charge in [0.15, 0.2) is 0 Å². The highest BCUT2D eigenvalue weighted by atomic mass is 16.4. The molecule has 1 amide bonds. The van der Waals surface area contributed by atoms with E-state index in [4.69, 9.17) is 9.40 Å². The number of piperidine rings is 1. The van der Waals surface area contributed by atoms with Crippen molar-refractivity contribution in [2.24, 2.45) is 7.05 Å². The topological polar surface area (TPSA) is 68.3 Å². The van der Waals surface area contributed by atoms with Crippen LogP contribution in [0, 0.1) is 0 Å². The molecule has 0 radical (unpaired) electrons. The van der Waals surface area contributed by atoms with Crippen LogP contribution in [-0.4, -0.2) is 33.4 Å². The van der Waals surface area contributed by atoms with Crippen LogP contribution in [0.5, 0.6) is 0 Å². The van der Waals surface area contributed by atoms with Gasteiger partial charge in [0, 0.05) is 31.4 Å². The standard InChI is InChI=1S/C23H21N3O3/c1-25-19-10-4-3-9-18(19)24-21(25)16-8-6-12-26(14-16)22(27)17-13-15-7-2-5-11-20(15)29-23(17)28/h2-5,7,9-11,13,16H,6,8,12,14H2,1H3. The van der Waals surface area contributed by atoms with Gasteiger partial charge in [-0.15, -0.1) is 0 Å². The summed E-state index contributed by atoms with van der Waals surface area (Å²) in [4.78, 5) is 32.1. The second-order valence-corrected chi connectivity index (χ2v) is 7.59. The molecule has 0 spiro atoms. The third kappa shape index (κ3) is 3.01. The number of imidazole rings is 1. The molecule has 5 rings (SSSR count). The molecule has 6 nitrogen and oxygen atoms in total. The number of carbonyl (C=O) groups is 1. The number of aromatic nitrogens is 2. The van der Waals surface area contributed by atoms with Crippen molar-refractivity contribution in [3.63, 3.8) is 0 Å². The van der Waals surface area contributed by atoms with E-state index in [0.29, 0.717) is 18.7 Å². The highest BCUT2D eigenvalue weighted by molar-refractivity contribution is 5.96. The van der Waals surface area contributed by atoms with Gasteiger partial charge >= 0.3 is 5.63 Å². The third-order valence-electron chi connectivity index (χ3n) is 5.77. The number of fused-ring (bicyclic) bond motifs is 2.